The molecule has 0 radical (unpaired) electrons. The molecule has 0 aromatic heterocycles. The van der Waals surface area contributed by atoms with E-state index in [9.17, 15) is 12.9 Å². The Morgan fingerprint density at radius 3 is 2.47 bits per heavy atom. The van der Waals surface area contributed by atoms with Gasteiger partial charge in [-0.1, -0.05) is 23.7 Å². The molecule has 0 saturated heterocycles. The van der Waals surface area contributed by atoms with Gasteiger partial charge in [0.25, 0.3) is 0 Å². The maximum atomic E-state index is 12.5. The molecule has 0 aliphatic carbocycles. The molecule has 0 heterocycles. The van der Waals surface area contributed by atoms with Crippen molar-refractivity contribution >= 4 is 18.6 Å². The van der Waals surface area contributed by atoms with Crippen LogP contribution in [0.5, 0.6) is 0 Å². The van der Waals surface area contributed by atoms with Crippen LogP contribution in [0.1, 0.15) is 18.5 Å². The van der Waals surface area contributed by atoms with Gasteiger partial charge >= 0.3 is 58.4 Å². The maximum absolute atomic E-state index is 12.5. The third kappa shape index (κ3) is 6.33. The molecule has 1 nitrogen and oxygen atoms in total. The summed E-state index contributed by atoms with van der Waals surface area (Å²) in [6.45, 7) is -0.241. The van der Waals surface area contributed by atoms with Gasteiger partial charge in [0, 0.05) is 11.1 Å². The fourth-order valence-corrected chi connectivity index (χ4v) is 1.78. The average Bonchev–Trinajstić information content (AvgIpc) is 2.26. The molecular formula is C12H15BClF3KN. The van der Waals surface area contributed by atoms with Crippen LogP contribution in [0.2, 0.25) is 5.02 Å². The van der Waals surface area contributed by atoms with E-state index < -0.39 is 12.4 Å². The summed E-state index contributed by atoms with van der Waals surface area (Å²) < 4.78 is 37.4. The second kappa shape index (κ2) is 8.22. The summed E-state index contributed by atoms with van der Waals surface area (Å²) in [5.74, 6) is 0. The Balaban J connectivity index is 0.00000324. The summed E-state index contributed by atoms with van der Waals surface area (Å²) in [5.41, 5.74) is 0.193. The molecule has 1 unspecified atom stereocenters. The molecule has 0 amide bonds. The van der Waals surface area contributed by atoms with Gasteiger partial charge in [0.2, 0.25) is 0 Å². The Labute approximate surface area is 159 Å². The van der Waals surface area contributed by atoms with Crippen molar-refractivity contribution in [1.29, 1.82) is 0 Å². The normalized spacial score (nSPS) is 13.0. The SMILES string of the molecule is C=C(CN(C)C(C)c1cccc(Cl)c1)[B-](F)(F)F.[K+]. The van der Waals surface area contributed by atoms with Gasteiger partial charge in [-0.25, -0.2) is 0 Å². The molecule has 100 valence electrons. The average molecular weight is 316 g/mol. The number of benzene rings is 1. The fraction of sp³-hybridized carbons (Fsp3) is 0.333. The third-order valence-electron chi connectivity index (χ3n) is 2.91. The molecular weight excluding hydrogens is 300 g/mol. The van der Waals surface area contributed by atoms with Crippen molar-refractivity contribution in [2.45, 2.75) is 13.0 Å². The first kappa shape index (κ1) is 19.7. The van der Waals surface area contributed by atoms with Gasteiger partial charge in [-0.2, -0.15) is 0 Å². The summed E-state index contributed by atoms with van der Waals surface area (Å²) in [6, 6.07) is 6.96. The minimum absolute atomic E-state index is 0. The summed E-state index contributed by atoms with van der Waals surface area (Å²) in [7, 11) is 1.64. The molecule has 1 aromatic rings. The van der Waals surface area contributed by atoms with E-state index in [1.165, 1.54) is 0 Å². The molecule has 0 fully saturated rings. The first-order valence-corrected chi connectivity index (χ1v) is 5.93. The monoisotopic (exact) mass is 315 g/mol. The van der Waals surface area contributed by atoms with E-state index in [1.807, 2.05) is 13.0 Å². The number of likely N-dealkylation sites (N-methyl/N-ethyl adjacent to an activating group) is 1. The zero-order valence-electron chi connectivity index (χ0n) is 11.3. The van der Waals surface area contributed by atoms with Gasteiger partial charge < -0.3 is 12.9 Å². The zero-order valence-corrected chi connectivity index (χ0v) is 15.2. The van der Waals surface area contributed by atoms with Crippen molar-refractivity contribution in [2.75, 3.05) is 13.6 Å². The van der Waals surface area contributed by atoms with E-state index in [2.05, 4.69) is 6.58 Å². The van der Waals surface area contributed by atoms with E-state index in [0.29, 0.717) is 5.02 Å². The Hall–Kier alpha value is 0.701. The maximum Gasteiger partial charge on any atom is 1.00 e. The topological polar surface area (TPSA) is 3.24 Å². The van der Waals surface area contributed by atoms with Gasteiger partial charge in [-0.05, 0) is 38.2 Å². The molecule has 0 N–H and O–H groups in total. The molecule has 19 heavy (non-hydrogen) atoms. The smallest absolute Gasteiger partial charge is 0.445 e. The standard InChI is InChI=1S/C12H15BClF3N.K/c1-9(13(15,16)17)8-18(3)10(2)11-5-4-6-12(14)7-11;/h4-7,10H,1,8H2,2-3H3;/q-1;+1. The molecule has 0 saturated carbocycles. The van der Waals surface area contributed by atoms with Crippen LogP contribution >= 0.6 is 11.6 Å². The van der Waals surface area contributed by atoms with E-state index in [-0.39, 0.29) is 64.0 Å². The van der Waals surface area contributed by atoms with Crippen LogP contribution in [0.15, 0.2) is 36.3 Å². The first-order valence-electron chi connectivity index (χ1n) is 5.55. The van der Waals surface area contributed by atoms with Crippen LogP contribution in [0.4, 0.5) is 12.9 Å². The molecule has 1 aromatic carbocycles. The summed E-state index contributed by atoms with van der Waals surface area (Å²) in [6.07, 6.45) is 0. The van der Waals surface area contributed by atoms with E-state index >= 15 is 0 Å². The van der Waals surface area contributed by atoms with Crippen molar-refractivity contribution in [3.63, 3.8) is 0 Å². The van der Waals surface area contributed by atoms with Crippen molar-refractivity contribution in [2.24, 2.45) is 0 Å². The number of nitrogens with zero attached hydrogens (tertiary/aromatic N) is 1. The van der Waals surface area contributed by atoms with Crippen molar-refractivity contribution in [3.05, 3.63) is 46.9 Å². The third-order valence-corrected chi connectivity index (χ3v) is 3.14. The minimum Gasteiger partial charge on any atom is -0.445 e. The number of rotatable bonds is 5. The molecule has 0 aliphatic heterocycles. The zero-order chi connectivity index (χ0) is 13.9. The molecule has 7 heteroatoms. The van der Waals surface area contributed by atoms with Gasteiger partial charge in [0.05, 0.1) is 0 Å². The Bertz CT molecular complexity index is 439. The second-order valence-corrected chi connectivity index (χ2v) is 4.82. The number of hydrogen-bond donors (Lipinski definition) is 0. The largest absolute Gasteiger partial charge is 1.00 e. The minimum atomic E-state index is -4.97. The van der Waals surface area contributed by atoms with Crippen LogP contribution < -0.4 is 51.4 Å². The van der Waals surface area contributed by atoms with Crippen LogP contribution in [-0.2, 0) is 0 Å². The van der Waals surface area contributed by atoms with Crippen LogP contribution in [-0.4, -0.2) is 25.5 Å². The van der Waals surface area contributed by atoms with Gasteiger partial charge in [-0.15, -0.1) is 12.1 Å². The summed E-state index contributed by atoms with van der Waals surface area (Å²) in [4.78, 5) is 1.60. The fourth-order valence-electron chi connectivity index (χ4n) is 1.58. The van der Waals surface area contributed by atoms with Gasteiger partial charge in [-0.3, -0.25) is 4.90 Å². The Kier molecular flexibility index (Phi) is 8.52. The van der Waals surface area contributed by atoms with Crippen molar-refractivity contribution < 1.29 is 64.3 Å². The number of hydrogen-bond acceptors (Lipinski definition) is 1. The molecule has 0 spiro atoms. The van der Waals surface area contributed by atoms with Crippen molar-refractivity contribution in [1.82, 2.24) is 4.90 Å². The molecule has 1 rings (SSSR count). The van der Waals surface area contributed by atoms with Crippen LogP contribution in [0.3, 0.4) is 0 Å². The molecule has 0 bridgehead atoms. The van der Waals surface area contributed by atoms with E-state index in [1.54, 1.807) is 30.1 Å². The van der Waals surface area contributed by atoms with Crippen LogP contribution in [0, 0.1) is 0 Å². The molecule has 1 atom stereocenters. The Morgan fingerprint density at radius 1 is 1.42 bits per heavy atom. The van der Waals surface area contributed by atoms with Crippen molar-refractivity contribution in [3.8, 4) is 0 Å². The Morgan fingerprint density at radius 2 is 2.00 bits per heavy atom. The molecule has 0 aliphatic rings. The predicted octanol–water partition coefficient (Wildman–Crippen LogP) is 1.28. The van der Waals surface area contributed by atoms with Crippen LogP contribution in [0.25, 0.3) is 0 Å². The predicted molar refractivity (Wildman–Crippen MR) is 70.7 cm³/mol. The number of halogens is 4. The second-order valence-electron chi connectivity index (χ2n) is 4.38. The first-order chi connectivity index (χ1) is 8.21. The quantitative estimate of drug-likeness (QED) is 0.740. The van der Waals surface area contributed by atoms with E-state index in [0.717, 1.165) is 5.56 Å². The van der Waals surface area contributed by atoms with Gasteiger partial charge in [0.15, 0.2) is 0 Å². The summed E-state index contributed by atoms with van der Waals surface area (Å²) in [5, 5.41) is 0.576. The summed E-state index contributed by atoms with van der Waals surface area (Å²) >= 11 is 5.86. The van der Waals surface area contributed by atoms with E-state index in [4.69, 9.17) is 11.6 Å². The van der Waals surface area contributed by atoms with Gasteiger partial charge in [0.1, 0.15) is 0 Å².